The van der Waals surface area contributed by atoms with Crippen LogP contribution in [0.5, 0.6) is 0 Å². The van der Waals surface area contributed by atoms with Gasteiger partial charge in [0.05, 0.1) is 30.2 Å². The highest BCUT2D eigenvalue weighted by molar-refractivity contribution is 6.01. The van der Waals surface area contributed by atoms with Crippen LogP contribution in [0.2, 0.25) is 0 Å². The normalized spacial score (nSPS) is 14.2. The fourth-order valence-corrected chi connectivity index (χ4v) is 2.19. The lowest BCUT2D eigenvalue weighted by Crippen LogP contribution is -2.25. The van der Waals surface area contributed by atoms with Gasteiger partial charge in [0.1, 0.15) is 0 Å². The van der Waals surface area contributed by atoms with Gasteiger partial charge in [-0.15, -0.1) is 0 Å². The average molecular weight is 241 g/mol. The Morgan fingerprint density at radius 3 is 2.94 bits per heavy atom. The number of nitrogen functional groups attached to an aromatic ring is 1. The van der Waals surface area contributed by atoms with Crippen LogP contribution < -0.4 is 11.5 Å². The summed E-state index contributed by atoms with van der Waals surface area (Å²) >= 11 is 0. The minimum absolute atomic E-state index is 0.446. The molecule has 2 heterocycles. The van der Waals surface area contributed by atoms with Crippen LogP contribution in [-0.4, -0.2) is 28.6 Å². The van der Waals surface area contributed by atoms with Crippen LogP contribution in [0, 0.1) is 0 Å². The van der Waals surface area contributed by atoms with Crippen molar-refractivity contribution in [1.29, 1.82) is 0 Å². The summed E-state index contributed by atoms with van der Waals surface area (Å²) in [5, 5.41) is 4.59. The van der Waals surface area contributed by atoms with E-state index in [9.17, 15) is 0 Å². The fraction of sp³-hybridized carbons (Fsp3) is 0.231. The van der Waals surface area contributed by atoms with E-state index in [0.717, 1.165) is 41.4 Å². The van der Waals surface area contributed by atoms with Crippen molar-refractivity contribution in [3.8, 4) is 11.3 Å². The predicted molar refractivity (Wildman–Crippen MR) is 72.5 cm³/mol. The molecule has 5 nitrogen and oxygen atoms in total. The summed E-state index contributed by atoms with van der Waals surface area (Å²) < 4.78 is 1.97. The fourth-order valence-electron chi connectivity index (χ4n) is 2.19. The summed E-state index contributed by atoms with van der Waals surface area (Å²) in [7, 11) is 0. The van der Waals surface area contributed by atoms with E-state index < -0.39 is 0 Å². The maximum absolute atomic E-state index is 5.79. The largest absolute Gasteiger partial charge is 0.399 e. The first-order chi connectivity index (χ1) is 8.78. The van der Waals surface area contributed by atoms with Crippen LogP contribution in [0.1, 0.15) is 5.69 Å². The van der Waals surface area contributed by atoms with Crippen molar-refractivity contribution in [1.82, 2.24) is 9.78 Å². The number of rotatable bonds is 2. The second kappa shape index (κ2) is 4.27. The Morgan fingerprint density at radius 2 is 2.17 bits per heavy atom. The number of fused-ring (bicyclic) bond motifs is 1. The molecule has 0 unspecified atom stereocenters. The summed E-state index contributed by atoms with van der Waals surface area (Å²) in [5.41, 5.74) is 16.1. The van der Waals surface area contributed by atoms with Gasteiger partial charge in [0.2, 0.25) is 0 Å². The molecule has 1 aliphatic heterocycles. The Kier molecular flexibility index (Phi) is 2.60. The second-order valence-corrected chi connectivity index (χ2v) is 4.30. The van der Waals surface area contributed by atoms with E-state index in [1.54, 1.807) is 0 Å². The van der Waals surface area contributed by atoms with Gasteiger partial charge in [0.15, 0.2) is 0 Å². The van der Waals surface area contributed by atoms with Crippen molar-refractivity contribution in [2.75, 3.05) is 18.8 Å². The van der Waals surface area contributed by atoms with Crippen LogP contribution in [0.3, 0.4) is 0 Å². The summed E-state index contributed by atoms with van der Waals surface area (Å²) in [6.07, 6.45) is 0. The van der Waals surface area contributed by atoms with Crippen molar-refractivity contribution in [3.63, 3.8) is 0 Å². The third-order valence-electron chi connectivity index (χ3n) is 3.07. The lowest BCUT2D eigenvalue weighted by atomic mass is 10.1. The van der Waals surface area contributed by atoms with Crippen molar-refractivity contribution in [3.05, 3.63) is 36.0 Å². The van der Waals surface area contributed by atoms with E-state index in [2.05, 4.69) is 10.1 Å². The Balaban J connectivity index is 2.06. The number of benzene rings is 1. The van der Waals surface area contributed by atoms with E-state index in [4.69, 9.17) is 11.5 Å². The molecule has 0 atom stereocenters. The van der Waals surface area contributed by atoms with E-state index in [0.29, 0.717) is 6.54 Å². The number of aliphatic imine (C=N–C) groups is 1. The third kappa shape index (κ3) is 1.78. The van der Waals surface area contributed by atoms with Gasteiger partial charge in [-0.1, -0.05) is 12.1 Å². The maximum Gasteiger partial charge on any atom is 0.0931 e. The summed E-state index contributed by atoms with van der Waals surface area (Å²) in [6.45, 7) is 2.00. The molecule has 0 fully saturated rings. The molecule has 0 saturated heterocycles. The molecule has 1 aromatic heterocycles. The number of nitrogens with zero attached hydrogens (tertiary/aromatic N) is 3. The zero-order chi connectivity index (χ0) is 12.5. The molecule has 0 radical (unpaired) electrons. The molecule has 0 spiro atoms. The lowest BCUT2D eigenvalue weighted by Gasteiger charge is -2.12. The van der Waals surface area contributed by atoms with Gasteiger partial charge in [-0.2, -0.15) is 5.10 Å². The van der Waals surface area contributed by atoms with Crippen LogP contribution in [-0.2, 0) is 6.54 Å². The number of hydrogen-bond acceptors (Lipinski definition) is 4. The molecule has 0 bridgehead atoms. The topological polar surface area (TPSA) is 82.2 Å². The van der Waals surface area contributed by atoms with Crippen LogP contribution >= 0.6 is 0 Å². The van der Waals surface area contributed by atoms with Crippen LogP contribution in [0.25, 0.3) is 11.3 Å². The zero-order valence-electron chi connectivity index (χ0n) is 10.0. The average Bonchev–Trinajstić information content (AvgIpc) is 2.82. The number of aromatic nitrogens is 2. The highest BCUT2D eigenvalue weighted by Crippen LogP contribution is 2.22. The minimum atomic E-state index is 0.446. The molecule has 18 heavy (non-hydrogen) atoms. The molecule has 92 valence electrons. The van der Waals surface area contributed by atoms with E-state index >= 15 is 0 Å². The third-order valence-corrected chi connectivity index (χ3v) is 3.07. The van der Waals surface area contributed by atoms with Gasteiger partial charge < -0.3 is 11.5 Å². The zero-order valence-corrected chi connectivity index (χ0v) is 10.0. The van der Waals surface area contributed by atoms with E-state index in [-0.39, 0.29) is 0 Å². The molecule has 0 amide bonds. The standard InChI is InChI=1S/C13H15N5/c14-8-12-13-7-11(17-18(13)5-4-16-12)9-2-1-3-10(15)6-9/h1-3,6-7H,4-5,8,14-15H2. The summed E-state index contributed by atoms with van der Waals surface area (Å²) in [4.78, 5) is 4.42. The molecule has 0 aliphatic carbocycles. The predicted octanol–water partition coefficient (Wildman–Crippen LogP) is 0.894. The van der Waals surface area contributed by atoms with E-state index in [1.807, 2.05) is 35.0 Å². The Bertz CT molecular complexity index is 612. The summed E-state index contributed by atoms with van der Waals surface area (Å²) in [6, 6.07) is 9.75. The molecule has 0 saturated carbocycles. The van der Waals surface area contributed by atoms with Crippen LogP contribution in [0.15, 0.2) is 35.3 Å². The smallest absolute Gasteiger partial charge is 0.0931 e. The maximum atomic E-state index is 5.79. The first-order valence-electron chi connectivity index (χ1n) is 5.95. The molecule has 4 N–H and O–H groups in total. The van der Waals surface area contributed by atoms with Gasteiger partial charge in [-0.3, -0.25) is 9.67 Å². The van der Waals surface area contributed by atoms with Crippen LogP contribution in [0.4, 0.5) is 5.69 Å². The molecular formula is C13H15N5. The highest BCUT2D eigenvalue weighted by Gasteiger charge is 2.16. The second-order valence-electron chi connectivity index (χ2n) is 4.30. The quantitative estimate of drug-likeness (QED) is 0.766. The van der Waals surface area contributed by atoms with Gasteiger partial charge in [0.25, 0.3) is 0 Å². The Labute approximate surface area is 105 Å². The van der Waals surface area contributed by atoms with E-state index in [1.165, 1.54) is 0 Å². The SMILES string of the molecule is NCC1=NCCn2nc(-c3cccc(N)c3)cc21. The molecule has 2 aromatic rings. The molecular weight excluding hydrogens is 226 g/mol. The van der Waals surface area contributed by atoms with Crippen molar-refractivity contribution in [2.24, 2.45) is 10.7 Å². The summed E-state index contributed by atoms with van der Waals surface area (Å²) in [5.74, 6) is 0. The molecule has 5 heteroatoms. The number of nitrogens with two attached hydrogens (primary N) is 2. The Morgan fingerprint density at radius 1 is 1.28 bits per heavy atom. The van der Waals surface area contributed by atoms with Gasteiger partial charge >= 0.3 is 0 Å². The van der Waals surface area contributed by atoms with Crippen molar-refractivity contribution < 1.29 is 0 Å². The molecule has 1 aromatic carbocycles. The lowest BCUT2D eigenvalue weighted by molar-refractivity contribution is 0.607. The first kappa shape index (κ1) is 11.0. The van der Waals surface area contributed by atoms with Gasteiger partial charge in [0, 0.05) is 17.8 Å². The Hall–Kier alpha value is -2.14. The number of anilines is 1. The minimum Gasteiger partial charge on any atom is -0.399 e. The molecule has 1 aliphatic rings. The number of hydrogen-bond donors (Lipinski definition) is 2. The first-order valence-corrected chi connectivity index (χ1v) is 5.95. The monoisotopic (exact) mass is 241 g/mol. The van der Waals surface area contributed by atoms with Crippen molar-refractivity contribution in [2.45, 2.75) is 6.54 Å². The van der Waals surface area contributed by atoms with Gasteiger partial charge in [-0.05, 0) is 18.2 Å². The highest BCUT2D eigenvalue weighted by atomic mass is 15.3. The van der Waals surface area contributed by atoms with Gasteiger partial charge in [-0.25, -0.2) is 0 Å². The van der Waals surface area contributed by atoms with Crippen molar-refractivity contribution >= 4 is 11.4 Å². The molecule has 3 rings (SSSR count).